The van der Waals surface area contributed by atoms with E-state index in [1.165, 1.54) is 12.1 Å². The molecule has 0 spiro atoms. The lowest BCUT2D eigenvalue weighted by Crippen LogP contribution is -2.17. The molecule has 4 nitrogen and oxygen atoms in total. The van der Waals surface area contributed by atoms with Crippen molar-refractivity contribution in [2.75, 3.05) is 0 Å². The number of nitrogens with zero attached hydrogens (tertiary/aromatic N) is 1. The minimum absolute atomic E-state index is 0.0407. The molecule has 15 heavy (non-hydrogen) atoms. The smallest absolute Gasteiger partial charge is 0.270 e. The predicted octanol–water partition coefficient (Wildman–Crippen LogP) is 2.78. The molecule has 0 saturated heterocycles. The Morgan fingerprint density at radius 1 is 1.47 bits per heavy atom. The molecule has 2 rings (SSSR count). The van der Waals surface area contributed by atoms with E-state index < -0.39 is 4.92 Å². The molecule has 1 aliphatic rings. The summed E-state index contributed by atoms with van der Waals surface area (Å²) in [5.74, 6) is 0.707. The molecule has 0 saturated carbocycles. The summed E-state index contributed by atoms with van der Waals surface area (Å²) in [6.45, 7) is 3.91. The van der Waals surface area contributed by atoms with Crippen molar-refractivity contribution in [2.45, 2.75) is 20.0 Å². The van der Waals surface area contributed by atoms with Crippen molar-refractivity contribution in [2.24, 2.45) is 0 Å². The largest absolute Gasteiger partial charge is 0.486 e. The first-order valence-corrected chi connectivity index (χ1v) is 4.71. The van der Waals surface area contributed by atoms with Crippen molar-refractivity contribution in [3.63, 3.8) is 0 Å². The Balaban J connectivity index is 2.49. The van der Waals surface area contributed by atoms with Gasteiger partial charge in [-0.3, -0.25) is 10.1 Å². The zero-order valence-electron chi connectivity index (χ0n) is 8.56. The van der Waals surface area contributed by atoms with Crippen molar-refractivity contribution in [3.8, 4) is 5.75 Å². The molecular weight excluding hydrogens is 194 g/mol. The summed E-state index contributed by atoms with van der Waals surface area (Å²) in [7, 11) is 0. The molecule has 0 radical (unpaired) electrons. The fourth-order valence-electron chi connectivity index (χ4n) is 1.52. The average molecular weight is 205 g/mol. The van der Waals surface area contributed by atoms with Crippen LogP contribution >= 0.6 is 0 Å². The molecule has 1 aromatic rings. The number of nitro benzene ring substituents is 1. The lowest BCUT2D eigenvalue weighted by molar-refractivity contribution is -0.384. The quantitative estimate of drug-likeness (QED) is 0.523. The molecule has 0 fully saturated rings. The van der Waals surface area contributed by atoms with E-state index in [2.05, 4.69) is 0 Å². The van der Waals surface area contributed by atoms with E-state index in [1.807, 2.05) is 19.9 Å². The van der Waals surface area contributed by atoms with Gasteiger partial charge in [-0.1, -0.05) is 0 Å². The third-order valence-corrected chi connectivity index (χ3v) is 2.53. The highest BCUT2D eigenvalue weighted by molar-refractivity contribution is 5.65. The molecule has 1 atom stereocenters. The standard InChI is InChI=1S/C11H11NO3/c1-7-5-9-6-10(12(13)14)3-4-11(9)15-8(7)2/h3-6,8H,1-2H3. The molecule has 1 aromatic carbocycles. The van der Waals surface area contributed by atoms with Crippen molar-refractivity contribution in [3.05, 3.63) is 39.4 Å². The second kappa shape index (κ2) is 3.38. The highest BCUT2D eigenvalue weighted by Gasteiger charge is 2.18. The van der Waals surface area contributed by atoms with Gasteiger partial charge in [0.05, 0.1) is 4.92 Å². The fraction of sp³-hybridized carbons (Fsp3) is 0.273. The molecule has 4 heteroatoms. The first kappa shape index (κ1) is 9.71. The normalized spacial score (nSPS) is 18.8. The topological polar surface area (TPSA) is 52.4 Å². The second-order valence-corrected chi connectivity index (χ2v) is 3.63. The van der Waals surface area contributed by atoms with Gasteiger partial charge in [0, 0.05) is 17.7 Å². The number of rotatable bonds is 1. The number of hydrogen-bond donors (Lipinski definition) is 0. The number of fused-ring (bicyclic) bond motifs is 1. The highest BCUT2D eigenvalue weighted by Crippen LogP contribution is 2.31. The van der Waals surface area contributed by atoms with Crippen LogP contribution in [0.5, 0.6) is 5.75 Å². The minimum atomic E-state index is -0.401. The van der Waals surface area contributed by atoms with E-state index in [4.69, 9.17) is 4.74 Å². The number of nitro groups is 1. The lowest BCUT2D eigenvalue weighted by Gasteiger charge is -2.22. The van der Waals surface area contributed by atoms with Gasteiger partial charge >= 0.3 is 0 Å². The number of benzene rings is 1. The maximum absolute atomic E-state index is 10.6. The van der Waals surface area contributed by atoms with Gasteiger partial charge < -0.3 is 4.74 Å². The Labute approximate surface area is 87.3 Å². The summed E-state index contributed by atoms with van der Waals surface area (Å²) in [5.41, 5.74) is 1.94. The first-order valence-electron chi connectivity index (χ1n) is 4.71. The van der Waals surface area contributed by atoms with E-state index in [9.17, 15) is 10.1 Å². The van der Waals surface area contributed by atoms with E-state index in [0.717, 1.165) is 11.1 Å². The van der Waals surface area contributed by atoms with E-state index in [-0.39, 0.29) is 11.8 Å². The molecule has 1 unspecified atom stereocenters. The molecule has 1 aliphatic heterocycles. The minimum Gasteiger partial charge on any atom is -0.486 e. The Hall–Kier alpha value is -1.84. The summed E-state index contributed by atoms with van der Waals surface area (Å²) in [5, 5.41) is 10.6. The third kappa shape index (κ3) is 1.70. The monoisotopic (exact) mass is 205 g/mol. The van der Waals surface area contributed by atoms with E-state index in [1.54, 1.807) is 6.07 Å². The van der Waals surface area contributed by atoms with Crippen LogP contribution in [0, 0.1) is 10.1 Å². The molecule has 1 heterocycles. The maximum atomic E-state index is 10.6. The zero-order chi connectivity index (χ0) is 11.0. The Kier molecular flexibility index (Phi) is 2.19. The molecule has 0 aliphatic carbocycles. The molecule has 0 bridgehead atoms. The van der Waals surface area contributed by atoms with E-state index in [0.29, 0.717) is 5.75 Å². The Morgan fingerprint density at radius 2 is 2.20 bits per heavy atom. The number of hydrogen-bond acceptors (Lipinski definition) is 3. The van der Waals surface area contributed by atoms with Gasteiger partial charge in [-0.25, -0.2) is 0 Å². The number of non-ortho nitro benzene ring substituents is 1. The first-order chi connectivity index (χ1) is 7.08. The van der Waals surface area contributed by atoms with Crippen LogP contribution in [-0.4, -0.2) is 11.0 Å². The summed E-state index contributed by atoms with van der Waals surface area (Å²) in [6.07, 6.45) is 1.97. The van der Waals surface area contributed by atoms with Crippen molar-refractivity contribution in [1.29, 1.82) is 0 Å². The average Bonchev–Trinajstić information content (AvgIpc) is 2.19. The number of ether oxygens (including phenoxy) is 1. The van der Waals surface area contributed by atoms with Crippen LogP contribution in [0.3, 0.4) is 0 Å². The summed E-state index contributed by atoms with van der Waals surface area (Å²) in [6, 6.07) is 4.64. The van der Waals surface area contributed by atoms with Crippen LogP contribution in [0.1, 0.15) is 19.4 Å². The zero-order valence-corrected chi connectivity index (χ0v) is 8.56. The van der Waals surface area contributed by atoms with Gasteiger partial charge in [0.15, 0.2) is 0 Å². The van der Waals surface area contributed by atoms with Crippen LogP contribution in [-0.2, 0) is 0 Å². The van der Waals surface area contributed by atoms with Crippen LogP contribution in [0.15, 0.2) is 23.8 Å². The molecule has 78 valence electrons. The molecule has 0 N–H and O–H groups in total. The highest BCUT2D eigenvalue weighted by atomic mass is 16.6. The summed E-state index contributed by atoms with van der Waals surface area (Å²) < 4.78 is 5.59. The van der Waals surface area contributed by atoms with Crippen LogP contribution < -0.4 is 4.74 Å². The van der Waals surface area contributed by atoms with Gasteiger partial charge in [-0.05, 0) is 31.6 Å². The molecule has 0 aromatic heterocycles. The van der Waals surface area contributed by atoms with Crippen molar-refractivity contribution in [1.82, 2.24) is 0 Å². The molecular formula is C11H11NO3. The van der Waals surface area contributed by atoms with Gasteiger partial charge in [0.2, 0.25) is 0 Å². The van der Waals surface area contributed by atoms with Crippen molar-refractivity contribution >= 4 is 11.8 Å². The predicted molar refractivity (Wildman–Crippen MR) is 56.8 cm³/mol. The van der Waals surface area contributed by atoms with Gasteiger partial charge in [0.1, 0.15) is 11.9 Å². The van der Waals surface area contributed by atoms with Crippen molar-refractivity contribution < 1.29 is 9.66 Å². The van der Waals surface area contributed by atoms with E-state index >= 15 is 0 Å². The van der Waals surface area contributed by atoms with Gasteiger partial charge in [-0.2, -0.15) is 0 Å². The third-order valence-electron chi connectivity index (χ3n) is 2.53. The Morgan fingerprint density at radius 3 is 2.87 bits per heavy atom. The maximum Gasteiger partial charge on any atom is 0.270 e. The van der Waals surface area contributed by atoms with Crippen LogP contribution in [0.25, 0.3) is 6.08 Å². The van der Waals surface area contributed by atoms with Crippen LogP contribution in [0.2, 0.25) is 0 Å². The van der Waals surface area contributed by atoms with Gasteiger partial charge in [0.25, 0.3) is 5.69 Å². The fourth-order valence-corrected chi connectivity index (χ4v) is 1.52. The summed E-state index contributed by atoms with van der Waals surface area (Å²) in [4.78, 5) is 10.2. The summed E-state index contributed by atoms with van der Waals surface area (Å²) >= 11 is 0. The second-order valence-electron chi connectivity index (χ2n) is 3.63. The SMILES string of the molecule is CC1=Cc2cc([N+](=O)[O-])ccc2OC1C. The lowest BCUT2D eigenvalue weighted by atomic mass is 10.0. The molecule has 0 amide bonds. The van der Waals surface area contributed by atoms with Gasteiger partial charge in [-0.15, -0.1) is 0 Å². The van der Waals surface area contributed by atoms with Crippen LogP contribution in [0.4, 0.5) is 5.69 Å². The Bertz CT molecular complexity index is 451.